The first-order chi connectivity index (χ1) is 11.7. The molecule has 0 atom stereocenters. The SMILES string of the molecule is Cc1sc(CCNC(=O)CCCCCCN)nc1-c1ccccc1.Cl.Cl. The van der Waals surface area contributed by atoms with Gasteiger partial charge in [-0.25, -0.2) is 4.98 Å². The number of aromatic nitrogens is 1. The van der Waals surface area contributed by atoms with Gasteiger partial charge in [-0.2, -0.15) is 0 Å². The third-order valence-corrected chi connectivity index (χ3v) is 4.94. The number of amides is 1. The zero-order valence-corrected chi connectivity index (χ0v) is 17.7. The van der Waals surface area contributed by atoms with Gasteiger partial charge in [0.15, 0.2) is 0 Å². The molecule has 0 aliphatic carbocycles. The Morgan fingerprint density at radius 3 is 2.50 bits per heavy atom. The molecule has 2 aromatic rings. The molecule has 1 aromatic carbocycles. The highest BCUT2D eigenvalue weighted by atomic mass is 35.5. The molecule has 0 bridgehead atoms. The van der Waals surface area contributed by atoms with Crippen molar-refractivity contribution >= 4 is 42.1 Å². The summed E-state index contributed by atoms with van der Waals surface area (Å²) in [7, 11) is 0. The van der Waals surface area contributed by atoms with Crippen molar-refractivity contribution in [2.45, 2.75) is 45.4 Å². The highest BCUT2D eigenvalue weighted by Gasteiger charge is 2.09. The van der Waals surface area contributed by atoms with Gasteiger partial charge in [0, 0.05) is 29.8 Å². The second kappa shape index (κ2) is 14.0. The fourth-order valence-electron chi connectivity index (χ4n) is 2.60. The molecule has 26 heavy (non-hydrogen) atoms. The number of nitrogens with zero attached hydrogens (tertiary/aromatic N) is 1. The lowest BCUT2D eigenvalue weighted by Crippen LogP contribution is -2.25. The summed E-state index contributed by atoms with van der Waals surface area (Å²) >= 11 is 1.71. The monoisotopic (exact) mass is 417 g/mol. The standard InChI is InChI=1S/C19H27N3OS.2ClH/c1-15-19(16-9-5-4-6-10-16)22-18(24-15)12-14-21-17(23)11-7-2-3-8-13-20;;/h4-6,9-10H,2-3,7-8,11-14,20H2,1H3,(H,21,23);2*1H. The Bertz CT molecular complexity index is 635. The first kappa shape index (κ1) is 24.9. The average Bonchev–Trinajstić information content (AvgIpc) is 2.96. The fourth-order valence-corrected chi connectivity index (χ4v) is 3.56. The molecule has 0 unspecified atom stereocenters. The minimum absolute atomic E-state index is 0. The number of hydrogen-bond donors (Lipinski definition) is 2. The van der Waals surface area contributed by atoms with Crippen LogP contribution in [0.4, 0.5) is 0 Å². The van der Waals surface area contributed by atoms with E-state index in [1.807, 2.05) is 18.2 Å². The van der Waals surface area contributed by atoms with Crippen LogP contribution in [0.3, 0.4) is 0 Å². The molecule has 1 amide bonds. The molecule has 0 spiro atoms. The lowest BCUT2D eigenvalue weighted by molar-refractivity contribution is -0.121. The van der Waals surface area contributed by atoms with E-state index in [9.17, 15) is 4.79 Å². The molecule has 0 saturated heterocycles. The maximum Gasteiger partial charge on any atom is 0.220 e. The zero-order valence-electron chi connectivity index (χ0n) is 15.2. The highest BCUT2D eigenvalue weighted by molar-refractivity contribution is 7.12. The summed E-state index contributed by atoms with van der Waals surface area (Å²) in [5.74, 6) is 0.138. The van der Waals surface area contributed by atoms with E-state index in [4.69, 9.17) is 10.7 Å². The number of benzene rings is 1. The van der Waals surface area contributed by atoms with Crippen molar-refractivity contribution in [2.24, 2.45) is 5.73 Å². The van der Waals surface area contributed by atoms with E-state index < -0.39 is 0 Å². The van der Waals surface area contributed by atoms with Gasteiger partial charge in [-0.1, -0.05) is 43.2 Å². The summed E-state index contributed by atoms with van der Waals surface area (Å²) in [6.45, 7) is 3.50. The maximum absolute atomic E-state index is 11.8. The van der Waals surface area contributed by atoms with Crippen molar-refractivity contribution in [3.05, 3.63) is 40.2 Å². The number of unbranched alkanes of at least 4 members (excludes halogenated alkanes) is 3. The summed E-state index contributed by atoms with van der Waals surface area (Å²) in [6.07, 6.45) is 5.59. The van der Waals surface area contributed by atoms with Crippen molar-refractivity contribution in [1.29, 1.82) is 0 Å². The average molecular weight is 418 g/mol. The predicted molar refractivity (Wildman–Crippen MR) is 116 cm³/mol. The molecular weight excluding hydrogens is 389 g/mol. The van der Waals surface area contributed by atoms with Crippen LogP contribution in [0.2, 0.25) is 0 Å². The fraction of sp³-hybridized carbons (Fsp3) is 0.474. The van der Waals surface area contributed by atoms with E-state index in [2.05, 4.69) is 24.4 Å². The topological polar surface area (TPSA) is 68.0 Å². The Morgan fingerprint density at radius 1 is 1.12 bits per heavy atom. The van der Waals surface area contributed by atoms with Gasteiger partial charge in [0.1, 0.15) is 0 Å². The van der Waals surface area contributed by atoms with Crippen molar-refractivity contribution in [1.82, 2.24) is 10.3 Å². The molecule has 0 aliphatic rings. The minimum atomic E-state index is 0. The largest absolute Gasteiger partial charge is 0.356 e. The normalized spacial score (nSPS) is 9.92. The number of rotatable bonds is 10. The van der Waals surface area contributed by atoms with Gasteiger partial charge in [-0.15, -0.1) is 36.2 Å². The van der Waals surface area contributed by atoms with Gasteiger partial charge in [-0.3, -0.25) is 4.79 Å². The molecule has 0 saturated carbocycles. The molecule has 7 heteroatoms. The van der Waals surface area contributed by atoms with Crippen LogP contribution in [-0.2, 0) is 11.2 Å². The number of carbonyl (C=O) groups excluding carboxylic acids is 1. The number of nitrogens with one attached hydrogen (secondary N) is 1. The van der Waals surface area contributed by atoms with Crippen LogP contribution >= 0.6 is 36.2 Å². The number of hydrogen-bond acceptors (Lipinski definition) is 4. The van der Waals surface area contributed by atoms with Crippen LogP contribution in [-0.4, -0.2) is 24.0 Å². The molecule has 0 radical (unpaired) electrons. The Hall–Kier alpha value is -1.14. The summed E-state index contributed by atoms with van der Waals surface area (Å²) in [6, 6.07) is 10.2. The van der Waals surface area contributed by atoms with Gasteiger partial charge in [0.2, 0.25) is 5.91 Å². The Balaban J connectivity index is 0.00000312. The predicted octanol–water partition coefficient (Wildman–Crippen LogP) is 4.53. The van der Waals surface area contributed by atoms with Crippen molar-refractivity contribution in [3.8, 4) is 11.3 Å². The quantitative estimate of drug-likeness (QED) is 0.557. The molecule has 1 aromatic heterocycles. The van der Waals surface area contributed by atoms with E-state index in [1.165, 1.54) is 4.88 Å². The Morgan fingerprint density at radius 2 is 1.81 bits per heavy atom. The first-order valence-corrected chi connectivity index (χ1v) is 9.51. The van der Waals surface area contributed by atoms with Crippen LogP contribution in [0.5, 0.6) is 0 Å². The number of halogens is 2. The maximum atomic E-state index is 11.8. The minimum Gasteiger partial charge on any atom is -0.356 e. The summed E-state index contributed by atoms with van der Waals surface area (Å²) in [5, 5.41) is 4.07. The molecule has 2 rings (SSSR count). The van der Waals surface area contributed by atoms with Crippen LogP contribution < -0.4 is 11.1 Å². The summed E-state index contributed by atoms with van der Waals surface area (Å²) in [5.41, 5.74) is 7.67. The van der Waals surface area contributed by atoms with Crippen LogP contribution in [0.15, 0.2) is 30.3 Å². The summed E-state index contributed by atoms with van der Waals surface area (Å²) in [4.78, 5) is 17.8. The highest BCUT2D eigenvalue weighted by Crippen LogP contribution is 2.27. The molecule has 4 nitrogen and oxygen atoms in total. The van der Waals surface area contributed by atoms with Crippen molar-refractivity contribution < 1.29 is 4.79 Å². The van der Waals surface area contributed by atoms with Gasteiger partial charge in [0.05, 0.1) is 10.7 Å². The van der Waals surface area contributed by atoms with E-state index in [1.54, 1.807) is 11.3 Å². The number of thiazole rings is 1. The van der Waals surface area contributed by atoms with Crippen LogP contribution in [0.1, 0.15) is 42.0 Å². The van der Waals surface area contributed by atoms with Crippen LogP contribution in [0, 0.1) is 6.92 Å². The van der Waals surface area contributed by atoms with E-state index in [0.29, 0.717) is 13.0 Å². The lowest BCUT2D eigenvalue weighted by Gasteiger charge is -2.04. The molecule has 0 aliphatic heterocycles. The van der Waals surface area contributed by atoms with Crippen molar-refractivity contribution in [3.63, 3.8) is 0 Å². The lowest BCUT2D eigenvalue weighted by atomic mass is 10.1. The van der Waals surface area contributed by atoms with E-state index in [-0.39, 0.29) is 30.7 Å². The van der Waals surface area contributed by atoms with Gasteiger partial charge in [0.25, 0.3) is 0 Å². The Labute approximate surface area is 172 Å². The molecule has 0 fully saturated rings. The van der Waals surface area contributed by atoms with Gasteiger partial charge >= 0.3 is 0 Å². The molecule has 3 N–H and O–H groups in total. The Kier molecular flexibility index (Phi) is 13.4. The third-order valence-electron chi connectivity index (χ3n) is 3.91. The second-order valence-electron chi connectivity index (χ2n) is 5.93. The number of carbonyl (C=O) groups is 1. The van der Waals surface area contributed by atoms with E-state index in [0.717, 1.165) is 54.9 Å². The zero-order chi connectivity index (χ0) is 17.2. The molecule has 1 heterocycles. The number of nitrogens with two attached hydrogens (primary N) is 1. The number of aryl methyl sites for hydroxylation is 1. The van der Waals surface area contributed by atoms with Gasteiger partial charge in [-0.05, 0) is 26.3 Å². The summed E-state index contributed by atoms with van der Waals surface area (Å²) < 4.78 is 0. The third kappa shape index (κ3) is 8.49. The molecular formula is C19H29Cl2N3OS. The van der Waals surface area contributed by atoms with Crippen LogP contribution in [0.25, 0.3) is 11.3 Å². The van der Waals surface area contributed by atoms with Crippen molar-refractivity contribution in [2.75, 3.05) is 13.1 Å². The smallest absolute Gasteiger partial charge is 0.220 e. The van der Waals surface area contributed by atoms with Gasteiger partial charge < -0.3 is 11.1 Å². The van der Waals surface area contributed by atoms with E-state index >= 15 is 0 Å². The molecule has 146 valence electrons. The second-order valence-corrected chi connectivity index (χ2v) is 7.22. The first-order valence-electron chi connectivity index (χ1n) is 8.69.